The van der Waals surface area contributed by atoms with E-state index in [0.717, 1.165) is 12.3 Å². The maximum atomic E-state index is 11.5. The van der Waals surface area contributed by atoms with Crippen LogP contribution in [0.3, 0.4) is 0 Å². The van der Waals surface area contributed by atoms with Crippen molar-refractivity contribution in [3.8, 4) is 0 Å². The van der Waals surface area contributed by atoms with Crippen LogP contribution in [0.5, 0.6) is 0 Å². The van der Waals surface area contributed by atoms with Crippen LogP contribution >= 0.6 is 0 Å². The molecule has 0 saturated carbocycles. The molecule has 0 aliphatic rings. The molecule has 1 aromatic heterocycles. The Labute approximate surface area is 102 Å². The molecule has 0 atom stereocenters. The van der Waals surface area contributed by atoms with Crippen molar-refractivity contribution in [1.82, 2.24) is 10.3 Å². The highest BCUT2D eigenvalue weighted by atomic mass is 16.6. The van der Waals surface area contributed by atoms with Crippen LogP contribution < -0.4 is 5.32 Å². The van der Waals surface area contributed by atoms with Crippen molar-refractivity contribution in [2.75, 3.05) is 13.2 Å². The Morgan fingerprint density at radius 2 is 2.28 bits per heavy atom. The normalized spacial score (nSPS) is 9.83. The summed E-state index contributed by atoms with van der Waals surface area (Å²) in [4.78, 5) is 34.8. The fourth-order valence-electron chi connectivity index (χ4n) is 1.23. The molecule has 0 bridgehead atoms. The number of aromatic amines is 1. The number of aromatic nitrogens is 1. The van der Waals surface area contributed by atoms with Crippen molar-refractivity contribution in [1.29, 1.82) is 0 Å². The zero-order valence-electron chi connectivity index (χ0n) is 9.76. The molecule has 0 unspecified atom stereocenters. The van der Waals surface area contributed by atoms with Gasteiger partial charge in [0.1, 0.15) is 5.69 Å². The summed E-state index contributed by atoms with van der Waals surface area (Å²) in [7, 11) is 0. The predicted molar refractivity (Wildman–Crippen MR) is 61.0 cm³/mol. The minimum Gasteiger partial charge on any atom is -0.466 e. The van der Waals surface area contributed by atoms with Gasteiger partial charge in [-0.3, -0.25) is 19.7 Å². The van der Waals surface area contributed by atoms with E-state index in [1.54, 1.807) is 6.92 Å². The summed E-state index contributed by atoms with van der Waals surface area (Å²) in [6.07, 6.45) is 1.18. The van der Waals surface area contributed by atoms with E-state index >= 15 is 0 Å². The average Bonchev–Trinajstić information content (AvgIpc) is 2.78. The maximum Gasteiger partial charge on any atom is 0.307 e. The Morgan fingerprint density at radius 3 is 2.83 bits per heavy atom. The van der Waals surface area contributed by atoms with Crippen LogP contribution in [-0.4, -0.2) is 34.9 Å². The van der Waals surface area contributed by atoms with Gasteiger partial charge in [-0.1, -0.05) is 0 Å². The zero-order chi connectivity index (χ0) is 13.5. The molecule has 1 amide bonds. The maximum absolute atomic E-state index is 11.5. The molecular formula is C10H13N3O5. The third-order valence-corrected chi connectivity index (χ3v) is 2.04. The fraction of sp³-hybridized carbons (Fsp3) is 0.400. The number of ether oxygens (including phenoxy) is 1. The van der Waals surface area contributed by atoms with Crippen LogP contribution in [0.25, 0.3) is 0 Å². The summed E-state index contributed by atoms with van der Waals surface area (Å²) < 4.78 is 4.68. The van der Waals surface area contributed by atoms with Gasteiger partial charge >= 0.3 is 5.97 Å². The number of rotatable bonds is 6. The smallest absolute Gasteiger partial charge is 0.307 e. The lowest BCUT2D eigenvalue weighted by atomic mass is 10.3. The van der Waals surface area contributed by atoms with E-state index in [1.165, 1.54) is 0 Å². The first-order valence-electron chi connectivity index (χ1n) is 5.31. The van der Waals surface area contributed by atoms with Gasteiger partial charge in [-0.25, -0.2) is 0 Å². The largest absolute Gasteiger partial charge is 0.466 e. The molecule has 1 rings (SSSR count). The second-order valence-corrected chi connectivity index (χ2v) is 3.34. The van der Waals surface area contributed by atoms with Crippen LogP contribution in [0, 0.1) is 10.1 Å². The summed E-state index contributed by atoms with van der Waals surface area (Å²) in [6, 6.07) is 1.12. The van der Waals surface area contributed by atoms with Gasteiger partial charge in [0.05, 0.1) is 24.1 Å². The van der Waals surface area contributed by atoms with Crippen molar-refractivity contribution >= 4 is 17.6 Å². The van der Waals surface area contributed by atoms with Crippen LogP contribution in [0.1, 0.15) is 23.8 Å². The van der Waals surface area contributed by atoms with Crippen molar-refractivity contribution in [2.24, 2.45) is 0 Å². The molecule has 8 heteroatoms. The van der Waals surface area contributed by atoms with Gasteiger partial charge in [0, 0.05) is 12.6 Å². The van der Waals surface area contributed by atoms with Gasteiger partial charge in [0.2, 0.25) is 0 Å². The number of carbonyl (C=O) groups is 2. The Bertz CT molecular complexity index is 454. The van der Waals surface area contributed by atoms with E-state index in [0.29, 0.717) is 0 Å². The van der Waals surface area contributed by atoms with Gasteiger partial charge in [0.15, 0.2) is 0 Å². The number of carbonyl (C=O) groups excluding carboxylic acids is 2. The van der Waals surface area contributed by atoms with E-state index in [1.807, 2.05) is 0 Å². The third kappa shape index (κ3) is 3.89. The molecule has 1 aromatic rings. The molecule has 0 saturated heterocycles. The molecule has 0 aliphatic carbocycles. The quantitative estimate of drug-likeness (QED) is 0.439. The molecule has 0 aromatic carbocycles. The van der Waals surface area contributed by atoms with Crippen molar-refractivity contribution < 1.29 is 19.2 Å². The molecule has 0 fully saturated rings. The highest BCUT2D eigenvalue weighted by molar-refractivity contribution is 5.93. The molecule has 18 heavy (non-hydrogen) atoms. The van der Waals surface area contributed by atoms with Crippen LogP contribution in [0.2, 0.25) is 0 Å². The van der Waals surface area contributed by atoms with Crippen LogP contribution in [0.4, 0.5) is 5.69 Å². The summed E-state index contributed by atoms with van der Waals surface area (Å²) in [5.41, 5.74) is -0.115. The van der Waals surface area contributed by atoms with Gasteiger partial charge < -0.3 is 15.0 Å². The lowest BCUT2D eigenvalue weighted by molar-refractivity contribution is -0.384. The number of hydrogen-bond acceptors (Lipinski definition) is 5. The monoisotopic (exact) mass is 255 g/mol. The van der Waals surface area contributed by atoms with Crippen LogP contribution in [-0.2, 0) is 9.53 Å². The van der Waals surface area contributed by atoms with Gasteiger partial charge in [-0.15, -0.1) is 0 Å². The van der Waals surface area contributed by atoms with Gasteiger partial charge in [0.25, 0.3) is 11.6 Å². The third-order valence-electron chi connectivity index (χ3n) is 2.04. The lowest BCUT2D eigenvalue weighted by Gasteiger charge is -2.03. The number of hydrogen-bond donors (Lipinski definition) is 2. The Balaban J connectivity index is 2.40. The first kappa shape index (κ1) is 13.7. The van der Waals surface area contributed by atoms with E-state index in [9.17, 15) is 19.7 Å². The number of amides is 1. The van der Waals surface area contributed by atoms with Crippen molar-refractivity contribution in [3.05, 3.63) is 28.1 Å². The summed E-state index contributed by atoms with van der Waals surface area (Å²) >= 11 is 0. The van der Waals surface area contributed by atoms with Gasteiger partial charge in [-0.2, -0.15) is 0 Å². The molecule has 98 valence electrons. The highest BCUT2D eigenvalue weighted by Gasteiger charge is 2.14. The van der Waals surface area contributed by atoms with Crippen molar-refractivity contribution in [2.45, 2.75) is 13.3 Å². The van der Waals surface area contributed by atoms with Gasteiger partial charge in [-0.05, 0) is 6.92 Å². The fourth-order valence-corrected chi connectivity index (χ4v) is 1.23. The molecule has 1 heterocycles. The van der Waals surface area contributed by atoms with E-state index in [4.69, 9.17) is 0 Å². The number of nitrogens with one attached hydrogen (secondary N) is 2. The standard InChI is InChI=1S/C10H13N3O5/c1-2-18-9(14)3-4-11-10(15)8-5-7(6-12-8)13(16)17/h5-6,12H,2-4H2,1H3,(H,11,15). The van der Waals surface area contributed by atoms with E-state index in [2.05, 4.69) is 15.0 Å². The Kier molecular flexibility index (Phi) is 4.85. The molecule has 0 spiro atoms. The second-order valence-electron chi connectivity index (χ2n) is 3.34. The number of esters is 1. The molecule has 8 nitrogen and oxygen atoms in total. The summed E-state index contributed by atoms with van der Waals surface area (Å²) in [6.45, 7) is 2.09. The summed E-state index contributed by atoms with van der Waals surface area (Å²) in [5, 5.41) is 12.9. The SMILES string of the molecule is CCOC(=O)CCNC(=O)c1cc([N+](=O)[O-])c[nH]1. The van der Waals surface area contributed by atoms with Crippen LogP contribution in [0.15, 0.2) is 12.3 Å². The summed E-state index contributed by atoms with van der Waals surface area (Å²) in [5.74, 6) is -0.914. The molecule has 0 radical (unpaired) electrons. The second kappa shape index (κ2) is 6.38. The molecule has 0 aliphatic heterocycles. The lowest BCUT2D eigenvalue weighted by Crippen LogP contribution is -2.26. The first-order valence-corrected chi connectivity index (χ1v) is 5.31. The molecule has 2 N–H and O–H groups in total. The van der Waals surface area contributed by atoms with E-state index < -0.39 is 16.8 Å². The highest BCUT2D eigenvalue weighted by Crippen LogP contribution is 2.11. The number of H-pyrrole nitrogens is 1. The Hall–Kier alpha value is -2.38. The number of nitro groups is 1. The topological polar surface area (TPSA) is 114 Å². The predicted octanol–water partition coefficient (Wildman–Crippen LogP) is 0.606. The minimum absolute atomic E-state index is 0.0579. The molecular weight excluding hydrogens is 242 g/mol. The zero-order valence-corrected chi connectivity index (χ0v) is 9.76. The first-order chi connectivity index (χ1) is 8.54. The minimum atomic E-state index is -0.605. The average molecular weight is 255 g/mol. The Morgan fingerprint density at radius 1 is 1.56 bits per heavy atom. The number of nitrogens with zero attached hydrogens (tertiary/aromatic N) is 1. The van der Waals surface area contributed by atoms with Crippen molar-refractivity contribution in [3.63, 3.8) is 0 Å². The van der Waals surface area contributed by atoms with E-state index in [-0.39, 0.29) is 31.0 Å².